The summed E-state index contributed by atoms with van der Waals surface area (Å²) in [6.07, 6.45) is 0.615. The highest BCUT2D eigenvalue weighted by Gasteiger charge is 2.12. The van der Waals surface area contributed by atoms with E-state index in [1.807, 2.05) is 6.92 Å². The summed E-state index contributed by atoms with van der Waals surface area (Å²) in [6.45, 7) is 3.29. The molecule has 1 aromatic rings. The molecule has 0 aliphatic heterocycles. The Morgan fingerprint density at radius 2 is 2.00 bits per heavy atom. The van der Waals surface area contributed by atoms with Crippen LogP contribution in [0.5, 0.6) is 0 Å². The third-order valence-corrected chi connectivity index (χ3v) is 2.67. The van der Waals surface area contributed by atoms with Crippen LogP contribution in [0.1, 0.15) is 23.7 Å². The number of amides is 1. The first-order valence-corrected chi connectivity index (χ1v) is 5.83. The second-order valence-corrected chi connectivity index (χ2v) is 4.03. The van der Waals surface area contributed by atoms with Crippen molar-refractivity contribution >= 4 is 18.5 Å². The van der Waals surface area contributed by atoms with Gasteiger partial charge in [0.25, 0.3) is 5.91 Å². The van der Waals surface area contributed by atoms with E-state index in [4.69, 9.17) is 5.11 Å². The molecule has 0 atom stereocenters. The van der Waals surface area contributed by atoms with Gasteiger partial charge in [0.15, 0.2) is 0 Å². The van der Waals surface area contributed by atoms with E-state index in [-0.39, 0.29) is 12.5 Å². The van der Waals surface area contributed by atoms with Crippen LogP contribution in [0.2, 0.25) is 0 Å². The molecule has 0 fully saturated rings. The van der Waals surface area contributed by atoms with Crippen molar-refractivity contribution in [3.8, 4) is 0 Å². The summed E-state index contributed by atoms with van der Waals surface area (Å²) < 4.78 is 0. The first-order chi connectivity index (χ1) is 7.69. The summed E-state index contributed by atoms with van der Waals surface area (Å²) in [7, 11) is 0. The first kappa shape index (κ1) is 13.1. The van der Waals surface area contributed by atoms with E-state index in [0.29, 0.717) is 25.1 Å². The van der Waals surface area contributed by atoms with Crippen LogP contribution in [0.25, 0.3) is 0 Å². The van der Waals surface area contributed by atoms with Gasteiger partial charge in [-0.25, -0.2) is 0 Å². The topological polar surface area (TPSA) is 40.5 Å². The lowest BCUT2D eigenvalue weighted by Crippen LogP contribution is -2.32. The van der Waals surface area contributed by atoms with Gasteiger partial charge in [0.2, 0.25) is 0 Å². The lowest BCUT2D eigenvalue weighted by atomic mass is 10.2. The smallest absolute Gasteiger partial charge is 0.253 e. The van der Waals surface area contributed by atoms with E-state index < -0.39 is 0 Å². The zero-order chi connectivity index (χ0) is 12.0. The van der Waals surface area contributed by atoms with Crippen molar-refractivity contribution in [2.75, 3.05) is 19.7 Å². The number of aliphatic hydroxyl groups excluding tert-OH is 1. The fourth-order valence-electron chi connectivity index (χ4n) is 1.45. The number of aliphatic hydroxyl groups is 1. The largest absolute Gasteiger partial charge is 0.396 e. The molecule has 0 saturated heterocycles. The van der Waals surface area contributed by atoms with Gasteiger partial charge >= 0.3 is 0 Å². The van der Waals surface area contributed by atoms with Crippen molar-refractivity contribution in [2.45, 2.75) is 18.2 Å². The third kappa shape index (κ3) is 3.54. The molecule has 0 saturated carbocycles. The highest BCUT2D eigenvalue weighted by molar-refractivity contribution is 7.80. The van der Waals surface area contributed by atoms with Crippen LogP contribution >= 0.6 is 12.6 Å². The number of hydrogen-bond donors (Lipinski definition) is 2. The molecule has 0 bridgehead atoms. The summed E-state index contributed by atoms with van der Waals surface area (Å²) >= 11 is 4.17. The van der Waals surface area contributed by atoms with Gasteiger partial charge in [0.05, 0.1) is 0 Å². The second-order valence-electron chi connectivity index (χ2n) is 3.51. The van der Waals surface area contributed by atoms with Crippen LogP contribution < -0.4 is 0 Å². The molecule has 3 nitrogen and oxygen atoms in total. The van der Waals surface area contributed by atoms with Gasteiger partial charge in [-0.1, -0.05) is 0 Å². The Balaban J connectivity index is 2.70. The fraction of sp³-hybridized carbons (Fsp3) is 0.417. The normalized spacial score (nSPS) is 10.2. The maximum absolute atomic E-state index is 12.0. The average molecular weight is 239 g/mol. The highest BCUT2D eigenvalue weighted by Crippen LogP contribution is 2.10. The van der Waals surface area contributed by atoms with Crippen molar-refractivity contribution in [2.24, 2.45) is 0 Å². The third-order valence-electron chi connectivity index (χ3n) is 2.37. The minimum atomic E-state index is 0.00397. The van der Waals surface area contributed by atoms with E-state index in [2.05, 4.69) is 12.6 Å². The fourth-order valence-corrected chi connectivity index (χ4v) is 1.60. The maximum Gasteiger partial charge on any atom is 0.253 e. The highest BCUT2D eigenvalue weighted by atomic mass is 32.1. The summed E-state index contributed by atoms with van der Waals surface area (Å²) in [6, 6.07) is 7.14. The van der Waals surface area contributed by atoms with Gasteiger partial charge in [0, 0.05) is 30.2 Å². The minimum absolute atomic E-state index is 0.00397. The van der Waals surface area contributed by atoms with Gasteiger partial charge < -0.3 is 10.0 Å². The number of thiol groups is 1. The molecule has 0 heterocycles. The Morgan fingerprint density at radius 3 is 2.50 bits per heavy atom. The Labute approximate surface area is 101 Å². The molecule has 0 radical (unpaired) electrons. The van der Waals surface area contributed by atoms with Gasteiger partial charge in [-0.05, 0) is 37.6 Å². The number of carbonyl (C=O) groups excluding carboxylic acids is 1. The molecule has 0 aliphatic carbocycles. The van der Waals surface area contributed by atoms with Crippen LogP contribution in [0.15, 0.2) is 29.2 Å². The second kappa shape index (κ2) is 6.55. The molecule has 0 unspecified atom stereocenters. The lowest BCUT2D eigenvalue weighted by Gasteiger charge is -2.20. The van der Waals surface area contributed by atoms with Crippen molar-refractivity contribution in [3.63, 3.8) is 0 Å². The van der Waals surface area contributed by atoms with Gasteiger partial charge in [-0.3, -0.25) is 4.79 Å². The summed E-state index contributed by atoms with van der Waals surface area (Å²) in [5.41, 5.74) is 0.664. The summed E-state index contributed by atoms with van der Waals surface area (Å²) in [5.74, 6) is 0.00397. The molecule has 1 amide bonds. The number of benzene rings is 1. The van der Waals surface area contributed by atoms with Crippen LogP contribution in [-0.4, -0.2) is 35.6 Å². The van der Waals surface area contributed by atoms with E-state index >= 15 is 0 Å². The summed E-state index contributed by atoms with van der Waals surface area (Å²) in [5, 5.41) is 8.75. The molecule has 1 rings (SSSR count). The van der Waals surface area contributed by atoms with Crippen molar-refractivity contribution < 1.29 is 9.90 Å². The zero-order valence-corrected chi connectivity index (χ0v) is 10.3. The molecule has 1 aromatic carbocycles. The van der Waals surface area contributed by atoms with E-state index in [9.17, 15) is 4.79 Å². The average Bonchev–Trinajstić information content (AvgIpc) is 2.30. The van der Waals surface area contributed by atoms with Gasteiger partial charge in [-0.15, -0.1) is 12.6 Å². The Morgan fingerprint density at radius 1 is 1.38 bits per heavy atom. The molecule has 0 aliphatic rings. The molecule has 16 heavy (non-hydrogen) atoms. The molecular weight excluding hydrogens is 222 g/mol. The number of carbonyl (C=O) groups is 1. The monoisotopic (exact) mass is 239 g/mol. The number of rotatable bonds is 5. The molecule has 1 N–H and O–H groups in total. The van der Waals surface area contributed by atoms with E-state index in [1.54, 1.807) is 29.2 Å². The minimum Gasteiger partial charge on any atom is -0.396 e. The quantitative estimate of drug-likeness (QED) is 0.770. The van der Waals surface area contributed by atoms with Crippen LogP contribution in [0.4, 0.5) is 0 Å². The number of hydrogen-bond acceptors (Lipinski definition) is 3. The SMILES string of the molecule is CCN(CCCO)C(=O)c1ccc(S)cc1. The van der Waals surface area contributed by atoms with Crippen LogP contribution in [0.3, 0.4) is 0 Å². The maximum atomic E-state index is 12.0. The molecule has 4 heteroatoms. The van der Waals surface area contributed by atoms with Crippen molar-refractivity contribution in [3.05, 3.63) is 29.8 Å². The summed E-state index contributed by atoms with van der Waals surface area (Å²) in [4.78, 5) is 14.6. The van der Waals surface area contributed by atoms with Crippen molar-refractivity contribution in [1.82, 2.24) is 4.90 Å². The first-order valence-electron chi connectivity index (χ1n) is 5.38. The molecular formula is C12H17NO2S. The molecule has 88 valence electrons. The van der Waals surface area contributed by atoms with Crippen molar-refractivity contribution in [1.29, 1.82) is 0 Å². The predicted molar refractivity (Wildman–Crippen MR) is 67.0 cm³/mol. The Bertz CT molecular complexity index is 337. The lowest BCUT2D eigenvalue weighted by molar-refractivity contribution is 0.0754. The molecule has 0 spiro atoms. The van der Waals surface area contributed by atoms with Crippen LogP contribution in [0, 0.1) is 0 Å². The molecule has 0 aromatic heterocycles. The predicted octanol–water partition coefficient (Wildman–Crippen LogP) is 1.82. The van der Waals surface area contributed by atoms with Gasteiger partial charge in [0.1, 0.15) is 0 Å². The zero-order valence-electron chi connectivity index (χ0n) is 9.39. The van der Waals surface area contributed by atoms with E-state index in [1.165, 1.54) is 0 Å². The van der Waals surface area contributed by atoms with Gasteiger partial charge in [-0.2, -0.15) is 0 Å². The van der Waals surface area contributed by atoms with E-state index in [0.717, 1.165) is 4.90 Å². The van der Waals surface area contributed by atoms with Crippen LogP contribution in [-0.2, 0) is 0 Å². The number of nitrogens with zero attached hydrogens (tertiary/aromatic N) is 1. The standard InChI is InChI=1S/C12H17NO2S/c1-2-13(8-3-9-14)12(15)10-4-6-11(16)7-5-10/h4-7,14,16H,2-3,8-9H2,1H3. The Hall–Kier alpha value is -1.00. The Kier molecular flexibility index (Phi) is 5.35.